The maximum atomic E-state index is 12.4. The van der Waals surface area contributed by atoms with Gasteiger partial charge in [-0.2, -0.15) is 0 Å². The summed E-state index contributed by atoms with van der Waals surface area (Å²) in [6.07, 6.45) is 3.48. The number of nitrogens with one attached hydrogen (secondary N) is 2. The minimum absolute atomic E-state index is 0.0533. The van der Waals surface area contributed by atoms with Crippen molar-refractivity contribution in [2.24, 2.45) is 7.05 Å². The highest BCUT2D eigenvalue weighted by Crippen LogP contribution is 2.16. The van der Waals surface area contributed by atoms with Gasteiger partial charge in [-0.15, -0.1) is 0 Å². The molecule has 3 heterocycles. The van der Waals surface area contributed by atoms with Crippen molar-refractivity contribution in [2.75, 3.05) is 18.4 Å². The maximum Gasteiger partial charge on any atom is 0.268 e. The zero-order valence-electron chi connectivity index (χ0n) is 15.4. The quantitative estimate of drug-likeness (QED) is 0.845. The Morgan fingerprint density at radius 3 is 2.65 bits per heavy atom. The van der Waals surface area contributed by atoms with Crippen LogP contribution in [0.3, 0.4) is 0 Å². The third kappa shape index (κ3) is 4.13. The lowest BCUT2D eigenvalue weighted by molar-refractivity contribution is -0.121. The third-order valence-corrected chi connectivity index (χ3v) is 4.84. The summed E-state index contributed by atoms with van der Waals surface area (Å²) < 4.78 is 6.84. The molecule has 0 aliphatic carbocycles. The van der Waals surface area contributed by atoms with Crippen molar-refractivity contribution in [3.8, 4) is 0 Å². The summed E-state index contributed by atoms with van der Waals surface area (Å²) in [6.45, 7) is 5.18. The number of carbonyl (C=O) groups excluding carboxylic acids is 2. The van der Waals surface area contributed by atoms with Crippen LogP contribution < -0.4 is 10.6 Å². The van der Waals surface area contributed by atoms with Crippen molar-refractivity contribution in [3.05, 3.63) is 35.8 Å². The van der Waals surface area contributed by atoms with Gasteiger partial charge in [0.15, 0.2) is 0 Å². The van der Waals surface area contributed by atoms with Gasteiger partial charge in [0.1, 0.15) is 5.69 Å². The molecule has 2 N–H and O–H groups in total. The van der Waals surface area contributed by atoms with E-state index in [2.05, 4.69) is 20.7 Å². The Morgan fingerprint density at radius 2 is 2.08 bits per heavy atom. The summed E-state index contributed by atoms with van der Waals surface area (Å²) in [5.41, 5.74) is 1.38. The van der Waals surface area contributed by atoms with Crippen LogP contribution in [0.1, 0.15) is 35.9 Å². The SMILES string of the molecule is Cc1cc(NC(=O)C(C)N2CCC(NC(=O)c3cccn3C)CC2)on1. The zero-order valence-corrected chi connectivity index (χ0v) is 15.4. The van der Waals surface area contributed by atoms with Crippen LogP contribution in [0.15, 0.2) is 28.9 Å². The van der Waals surface area contributed by atoms with E-state index in [1.807, 2.05) is 36.9 Å². The highest BCUT2D eigenvalue weighted by molar-refractivity contribution is 5.93. The normalized spacial score (nSPS) is 17.0. The van der Waals surface area contributed by atoms with Crippen LogP contribution in [0.25, 0.3) is 0 Å². The van der Waals surface area contributed by atoms with Gasteiger partial charge in [0.2, 0.25) is 11.8 Å². The number of hydrogen-bond acceptors (Lipinski definition) is 5. The van der Waals surface area contributed by atoms with Crippen LogP contribution in [-0.4, -0.2) is 51.6 Å². The van der Waals surface area contributed by atoms with E-state index in [1.54, 1.807) is 13.0 Å². The molecule has 3 rings (SSSR count). The minimum atomic E-state index is -0.273. The summed E-state index contributed by atoms with van der Waals surface area (Å²) in [6, 6.07) is 5.21. The lowest BCUT2D eigenvalue weighted by atomic mass is 10.0. The number of amides is 2. The molecule has 1 saturated heterocycles. The molecule has 1 unspecified atom stereocenters. The average Bonchev–Trinajstić information content (AvgIpc) is 3.23. The number of hydrogen-bond donors (Lipinski definition) is 2. The summed E-state index contributed by atoms with van der Waals surface area (Å²) in [5.74, 6) is 0.193. The second-order valence-corrected chi connectivity index (χ2v) is 6.79. The summed E-state index contributed by atoms with van der Waals surface area (Å²) in [4.78, 5) is 26.8. The topological polar surface area (TPSA) is 92.4 Å². The second-order valence-electron chi connectivity index (χ2n) is 6.79. The first-order valence-electron chi connectivity index (χ1n) is 8.84. The molecule has 2 aromatic heterocycles. The van der Waals surface area contributed by atoms with Crippen LogP contribution in [0.2, 0.25) is 0 Å². The molecule has 8 nitrogen and oxygen atoms in total. The molecule has 0 spiro atoms. The van der Waals surface area contributed by atoms with Crippen LogP contribution in [0.4, 0.5) is 5.88 Å². The number of aryl methyl sites for hydroxylation is 2. The van der Waals surface area contributed by atoms with E-state index >= 15 is 0 Å². The van der Waals surface area contributed by atoms with E-state index in [4.69, 9.17) is 4.52 Å². The van der Waals surface area contributed by atoms with E-state index in [0.717, 1.165) is 31.6 Å². The monoisotopic (exact) mass is 359 g/mol. The van der Waals surface area contributed by atoms with Crippen molar-refractivity contribution in [1.29, 1.82) is 0 Å². The lowest BCUT2D eigenvalue weighted by Crippen LogP contribution is -2.50. The van der Waals surface area contributed by atoms with Gasteiger partial charge in [0, 0.05) is 38.4 Å². The summed E-state index contributed by atoms with van der Waals surface area (Å²) in [5, 5.41) is 9.59. The molecule has 2 aromatic rings. The van der Waals surface area contributed by atoms with E-state index in [9.17, 15) is 9.59 Å². The molecule has 140 valence electrons. The molecule has 1 fully saturated rings. The van der Waals surface area contributed by atoms with Gasteiger partial charge in [-0.25, -0.2) is 0 Å². The molecule has 1 aliphatic heterocycles. The van der Waals surface area contributed by atoms with E-state index in [-0.39, 0.29) is 23.9 Å². The molecule has 0 saturated carbocycles. The van der Waals surface area contributed by atoms with Crippen molar-refractivity contribution >= 4 is 17.7 Å². The van der Waals surface area contributed by atoms with Crippen molar-refractivity contribution in [3.63, 3.8) is 0 Å². The molecule has 0 bridgehead atoms. The number of carbonyl (C=O) groups is 2. The second kappa shape index (κ2) is 7.74. The van der Waals surface area contributed by atoms with Crippen LogP contribution >= 0.6 is 0 Å². The first-order valence-corrected chi connectivity index (χ1v) is 8.84. The molecular formula is C18H25N5O3. The van der Waals surface area contributed by atoms with Crippen LogP contribution in [0, 0.1) is 6.92 Å². The Bertz CT molecular complexity index is 773. The van der Waals surface area contributed by atoms with Crippen molar-refractivity contribution in [1.82, 2.24) is 19.9 Å². The zero-order chi connectivity index (χ0) is 18.7. The Labute approximate surface area is 152 Å². The van der Waals surface area contributed by atoms with Gasteiger partial charge in [0.05, 0.1) is 11.7 Å². The van der Waals surface area contributed by atoms with Gasteiger partial charge in [-0.3, -0.25) is 19.8 Å². The number of aromatic nitrogens is 2. The number of piperidine rings is 1. The highest BCUT2D eigenvalue weighted by atomic mass is 16.5. The van der Waals surface area contributed by atoms with Crippen molar-refractivity contribution in [2.45, 2.75) is 38.8 Å². The van der Waals surface area contributed by atoms with E-state index in [1.165, 1.54) is 0 Å². The average molecular weight is 359 g/mol. The molecule has 26 heavy (non-hydrogen) atoms. The number of nitrogens with zero attached hydrogens (tertiary/aromatic N) is 3. The van der Waals surface area contributed by atoms with Gasteiger partial charge in [-0.05, 0) is 38.8 Å². The summed E-state index contributed by atoms with van der Waals surface area (Å²) >= 11 is 0. The fourth-order valence-electron chi connectivity index (χ4n) is 3.20. The minimum Gasteiger partial charge on any atom is -0.348 e. The number of rotatable bonds is 5. The lowest BCUT2D eigenvalue weighted by Gasteiger charge is -2.35. The first kappa shape index (κ1) is 18.2. The molecular weight excluding hydrogens is 334 g/mol. The van der Waals surface area contributed by atoms with Crippen LogP contribution in [-0.2, 0) is 11.8 Å². The Balaban J connectivity index is 1.47. The Hall–Kier alpha value is -2.61. The number of likely N-dealkylation sites (tertiary alicyclic amines) is 1. The Kier molecular flexibility index (Phi) is 5.41. The molecule has 1 atom stereocenters. The van der Waals surface area contributed by atoms with Gasteiger partial charge in [-0.1, -0.05) is 5.16 Å². The Morgan fingerprint density at radius 1 is 1.35 bits per heavy atom. The van der Waals surface area contributed by atoms with Crippen LogP contribution in [0.5, 0.6) is 0 Å². The van der Waals surface area contributed by atoms with Crippen molar-refractivity contribution < 1.29 is 14.1 Å². The van der Waals surface area contributed by atoms with Gasteiger partial charge >= 0.3 is 0 Å². The maximum absolute atomic E-state index is 12.4. The third-order valence-electron chi connectivity index (χ3n) is 4.84. The van der Waals surface area contributed by atoms with E-state index in [0.29, 0.717) is 11.6 Å². The number of anilines is 1. The van der Waals surface area contributed by atoms with Gasteiger partial charge < -0.3 is 14.4 Å². The van der Waals surface area contributed by atoms with Gasteiger partial charge in [0.25, 0.3) is 5.91 Å². The predicted molar refractivity (Wildman–Crippen MR) is 96.8 cm³/mol. The fraction of sp³-hybridized carbons (Fsp3) is 0.500. The standard InChI is InChI=1S/C18H25N5O3/c1-12-11-16(26-21-12)20-17(24)13(2)23-9-6-14(7-10-23)19-18(25)15-5-4-8-22(15)3/h4-5,8,11,13-14H,6-7,9-10H2,1-3H3,(H,19,25)(H,20,24). The highest BCUT2D eigenvalue weighted by Gasteiger charge is 2.28. The smallest absolute Gasteiger partial charge is 0.268 e. The molecule has 8 heteroatoms. The largest absolute Gasteiger partial charge is 0.348 e. The fourth-order valence-corrected chi connectivity index (χ4v) is 3.20. The molecule has 0 radical (unpaired) electrons. The first-order chi connectivity index (χ1) is 12.4. The molecule has 0 aromatic carbocycles. The van der Waals surface area contributed by atoms with E-state index < -0.39 is 0 Å². The predicted octanol–water partition coefficient (Wildman–Crippen LogP) is 1.54. The molecule has 1 aliphatic rings. The summed E-state index contributed by atoms with van der Waals surface area (Å²) in [7, 11) is 1.86. The molecule has 2 amide bonds.